The van der Waals surface area contributed by atoms with Crippen molar-refractivity contribution in [1.82, 2.24) is 14.8 Å². The Kier molecular flexibility index (Phi) is 7.10. The van der Waals surface area contributed by atoms with E-state index in [1.807, 2.05) is 0 Å². The largest absolute Gasteiger partial charge is 0.336 e. The number of aromatic nitrogens is 1. The second-order valence-corrected chi connectivity index (χ2v) is 10.9. The van der Waals surface area contributed by atoms with E-state index >= 15 is 0 Å². The third kappa shape index (κ3) is 5.58. The SMILES string of the molecule is O=C(c1ccc(NS(=O)(=O)c2cccc3cccnc23)cc1)N1CCN(Cc2ccc(Cl)cc2F)CC1. The van der Waals surface area contributed by atoms with E-state index in [0.29, 0.717) is 60.1 Å². The number of anilines is 1. The van der Waals surface area contributed by atoms with Crippen molar-refractivity contribution >= 4 is 44.1 Å². The van der Waals surface area contributed by atoms with E-state index in [1.165, 1.54) is 12.1 Å². The molecule has 0 aliphatic carbocycles. The van der Waals surface area contributed by atoms with Crippen LogP contribution in [0.15, 0.2) is 83.9 Å². The molecule has 190 valence electrons. The Hall–Kier alpha value is -3.53. The van der Waals surface area contributed by atoms with Gasteiger partial charge >= 0.3 is 0 Å². The number of pyridine rings is 1. The third-order valence-electron chi connectivity index (χ3n) is 6.34. The van der Waals surface area contributed by atoms with Gasteiger partial charge in [0.2, 0.25) is 0 Å². The van der Waals surface area contributed by atoms with E-state index in [1.54, 1.807) is 71.8 Å². The summed E-state index contributed by atoms with van der Waals surface area (Å²) in [5.41, 5.74) is 1.77. The minimum atomic E-state index is -3.88. The zero-order valence-electron chi connectivity index (χ0n) is 19.8. The van der Waals surface area contributed by atoms with Gasteiger partial charge in [0.05, 0.1) is 5.52 Å². The molecule has 0 saturated carbocycles. The first-order valence-corrected chi connectivity index (χ1v) is 13.6. The minimum Gasteiger partial charge on any atom is -0.336 e. The number of hydrogen-bond donors (Lipinski definition) is 1. The van der Waals surface area contributed by atoms with Gasteiger partial charge in [-0.05, 0) is 48.5 Å². The lowest BCUT2D eigenvalue weighted by Crippen LogP contribution is -2.48. The molecule has 0 bridgehead atoms. The molecule has 3 aromatic carbocycles. The predicted octanol–water partition coefficient (Wildman–Crippen LogP) is 4.79. The van der Waals surface area contributed by atoms with E-state index in [9.17, 15) is 17.6 Å². The summed E-state index contributed by atoms with van der Waals surface area (Å²) in [5.74, 6) is -0.469. The second kappa shape index (κ2) is 10.5. The molecule has 1 saturated heterocycles. The van der Waals surface area contributed by atoms with E-state index in [0.717, 1.165) is 5.39 Å². The number of piperazine rings is 1. The summed E-state index contributed by atoms with van der Waals surface area (Å²) in [6, 6.07) is 19.6. The Morgan fingerprint density at radius 3 is 2.43 bits per heavy atom. The molecule has 1 aromatic heterocycles. The van der Waals surface area contributed by atoms with Crippen LogP contribution in [0.5, 0.6) is 0 Å². The Morgan fingerprint density at radius 2 is 1.70 bits per heavy atom. The fourth-order valence-corrected chi connectivity index (χ4v) is 5.76. The summed E-state index contributed by atoms with van der Waals surface area (Å²) in [6.45, 7) is 2.70. The Balaban J connectivity index is 1.21. The number of hydrogen-bond acceptors (Lipinski definition) is 5. The first-order valence-electron chi connectivity index (χ1n) is 11.7. The van der Waals surface area contributed by atoms with Crippen LogP contribution in [-0.4, -0.2) is 55.3 Å². The van der Waals surface area contributed by atoms with Crippen LogP contribution in [-0.2, 0) is 16.6 Å². The number of rotatable bonds is 6. The zero-order valence-corrected chi connectivity index (χ0v) is 21.3. The highest BCUT2D eigenvalue weighted by molar-refractivity contribution is 7.93. The average Bonchev–Trinajstić information content (AvgIpc) is 2.90. The van der Waals surface area contributed by atoms with E-state index < -0.39 is 10.0 Å². The number of fused-ring (bicyclic) bond motifs is 1. The lowest BCUT2D eigenvalue weighted by molar-refractivity contribution is 0.0627. The van der Waals surface area contributed by atoms with Crippen LogP contribution in [0, 0.1) is 5.82 Å². The number of carbonyl (C=O) groups is 1. The summed E-state index contributed by atoms with van der Waals surface area (Å²) in [5, 5.41) is 1.09. The molecule has 0 radical (unpaired) electrons. The summed E-state index contributed by atoms with van der Waals surface area (Å²) in [7, 11) is -3.88. The van der Waals surface area contributed by atoms with E-state index in [2.05, 4.69) is 14.6 Å². The maximum Gasteiger partial charge on any atom is 0.264 e. The van der Waals surface area contributed by atoms with Crippen molar-refractivity contribution in [2.24, 2.45) is 0 Å². The van der Waals surface area contributed by atoms with Gasteiger partial charge in [-0.15, -0.1) is 0 Å². The summed E-state index contributed by atoms with van der Waals surface area (Å²) >= 11 is 5.83. The molecule has 2 heterocycles. The zero-order chi connectivity index (χ0) is 26.0. The molecule has 1 aliphatic rings. The van der Waals surface area contributed by atoms with Crippen molar-refractivity contribution in [3.8, 4) is 0 Å². The Morgan fingerprint density at radius 1 is 0.973 bits per heavy atom. The van der Waals surface area contributed by atoms with Crippen molar-refractivity contribution in [3.63, 3.8) is 0 Å². The van der Waals surface area contributed by atoms with E-state index in [-0.39, 0.29) is 16.6 Å². The number of benzene rings is 3. The molecule has 10 heteroatoms. The topological polar surface area (TPSA) is 82.6 Å². The summed E-state index contributed by atoms with van der Waals surface area (Å²) in [4.78, 5) is 21.1. The second-order valence-electron chi connectivity index (χ2n) is 8.82. The van der Waals surface area contributed by atoms with Gasteiger partial charge in [0.25, 0.3) is 15.9 Å². The molecule has 0 unspecified atom stereocenters. The molecule has 37 heavy (non-hydrogen) atoms. The van der Waals surface area contributed by atoms with Gasteiger partial charge in [-0.2, -0.15) is 0 Å². The molecular weight excluding hydrogens is 515 g/mol. The summed E-state index contributed by atoms with van der Waals surface area (Å²) < 4.78 is 42.7. The number of nitrogens with zero attached hydrogens (tertiary/aromatic N) is 3. The molecule has 1 amide bonds. The third-order valence-corrected chi connectivity index (χ3v) is 7.99. The monoisotopic (exact) mass is 538 g/mol. The standard InChI is InChI=1S/C27H24ClFN4O3S/c28-22-9-6-21(24(29)17-22)18-32-13-15-33(16-14-32)27(34)20-7-10-23(11-8-20)31-37(35,36)25-5-1-3-19-4-2-12-30-26(19)25/h1-12,17,31H,13-16,18H2. The highest BCUT2D eigenvalue weighted by Crippen LogP contribution is 2.24. The smallest absolute Gasteiger partial charge is 0.264 e. The normalized spacial score (nSPS) is 14.6. The maximum atomic E-state index is 14.1. The Bertz CT molecular complexity index is 1550. The number of para-hydroxylation sites is 1. The molecule has 7 nitrogen and oxygen atoms in total. The Labute approximate surface area is 219 Å². The van der Waals surface area contributed by atoms with Crippen LogP contribution in [0.1, 0.15) is 15.9 Å². The molecule has 1 aliphatic heterocycles. The summed E-state index contributed by atoms with van der Waals surface area (Å²) in [6.07, 6.45) is 1.55. The minimum absolute atomic E-state index is 0.0853. The van der Waals surface area contributed by atoms with Crippen LogP contribution in [0.25, 0.3) is 10.9 Å². The van der Waals surface area contributed by atoms with Gasteiger partial charge in [0, 0.05) is 66.1 Å². The molecule has 0 atom stereocenters. The number of carbonyl (C=O) groups excluding carboxylic acids is 1. The van der Waals surface area contributed by atoms with Crippen LogP contribution in [0.4, 0.5) is 10.1 Å². The van der Waals surface area contributed by atoms with Gasteiger partial charge in [-0.3, -0.25) is 19.4 Å². The van der Waals surface area contributed by atoms with Crippen molar-refractivity contribution in [1.29, 1.82) is 0 Å². The maximum absolute atomic E-state index is 14.1. The first-order chi connectivity index (χ1) is 17.8. The van der Waals surface area contributed by atoms with Crippen molar-refractivity contribution < 1.29 is 17.6 Å². The van der Waals surface area contributed by atoms with Crippen LogP contribution < -0.4 is 4.72 Å². The van der Waals surface area contributed by atoms with Crippen molar-refractivity contribution in [3.05, 3.63) is 101 Å². The lowest BCUT2D eigenvalue weighted by Gasteiger charge is -2.34. The molecule has 0 spiro atoms. The molecular formula is C27H24ClFN4O3S. The molecule has 1 fully saturated rings. The van der Waals surface area contributed by atoms with Crippen LogP contribution in [0.2, 0.25) is 5.02 Å². The number of halogens is 2. The molecule has 5 rings (SSSR count). The predicted molar refractivity (Wildman–Crippen MR) is 142 cm³/mol. The number of sulfonamides is 1. The highest BCUT2D eigenvalue weighted by atomic mass is 35.5. The van der Waals surface area contributed by atoms with Gasteiger partial charge < -0.3 is 4.90 Å². The quantitative estimate of drug-likeness (QED) is 0.382. The van der Waals surface area contributed by atoms with E-state index in [4.69, 9.17) is 11.6 Å². The number of amides is 1. The van der Waals surface area contributed by atoms with Crippen LogP contribution in [0.3, 0.4) is 0 Å². The van der Waals surface area contributed by atoms with Crippen LogP contribution >= 0.6 is 11.6 Å². The van der Waals surface area contributed by atoms with Gasteiger partial charge in [0.1, 0.15) is 10.7 Å². The van der Waals surface area contributed by atoms with Crippen molar-refractivity contribution in [2.45, 2.75) is 11.4 Å². The fourth-order valence-electron chi connectivity index (χ4n) is 4.37. The lowest BCUT2D eigenvalue weighted by atomic mass is 10.1. The highest BCUT2D eigenvalue weighted by Gasteiger charge is 2.23. The first kappa shape index (κ1) is 25.1. The van der Waals surface area contributed by atoms with Gasteiger partial charge in [-0.1, -0.05) is 35.9 Å². The van der Waals surface area contributed by atoms with Gasteiger partial charge in [0.15, 0.2) is 0 Å². The van der Waals surface area contributed by atoms with Crippen molar-refractivity contribution in [2.75, 3.05) is 30.9 Å². The average molecular weight is 539 g/mol. The molecule has 1 N–H and O–H groups in total. The van der Waals surface area contributed by atoms with Gasteiger partial charge in [-0.25, -0.2) is 12.8 Å². The fraction of sp³-hybridized carbons (Fsp3) is 0.185. The number of nitrogens with one attached hydrogen (secondary N) is 1. The molecule has 4 aromatic rings.